The van der Waals surface area contributed by atoms with E-state index < -0.39 is 0 Å². The molecule has 3 rings (SSSR count). The number of nitrogens with two attached hydrogens (primary N) is 1. The molecule has 0 spiro atoms. The lowest BCUT2D eigenvalue weighted by Crippen LogP contribution is -2.18. The van der Waals surface area contributed by atoms with Gasteiger partial charge in [0.1, 0.15) is 0 Å². The fourth-order valence-electron chi connectivity index (χ4n) is 3.04. The predicted molar refractivity (Wildman–Crippen MR) is 101 cm³/mol. The Morgan fingerprint density at radius 3 is 2.83 bits per heavy atom. The molecule has 1 aliphatic carbocycles. The Labute approximate surface area is 146 Å². The van der Waals surface area contributed by atoms with Crippen molar-refractivity contribution in [3.8, 4) is 0 Å². The van der Waals surface area contributed by atoms with Gasteiger partial charge in [0.2, 0.25) is 0 Å². The number of rotatable bonds is 4. The van der Waals surface area contributed by atoms with Crippen molar-refractivity contribution in [2.45, 2.75) is 39.5 Å². The van der Waals surface area contributed by atoms with Crippen molar-refractivity contribution in [2.24, 2.45) is 11.0 Å². The molecule has 1 aromatic carbocycles. The first-order valence-electron chi connectivity index (χ1n) is 8.39. The topological polar surface area (TPSA) is 67.5 Å². The number of hydrazone groups is 1. The summed E-state index contributed by atoms with van der Waals surface area (Å²) in [5.74, 6) is 0.631. The Morgan fingerprint density at radius 2 is 2.12 bits per heavy atom. The van der Waals surface area contributed by atoms with Gasteiger partial charge in [-0.2, -0.15) is 5.10 Å². The summed E-state index contributed by atoms with van der Waals surface area (Å²) in [6.45, 7) is 4.11. The van der Waals surface area contributed by atoms with Gasteiger partial charge in [0.05, 0.1) is 10.6 Å². The van der Waals surface area contributed by atoms with Crippen LogP contribution in [0.1, 0.15) is 52.4 Å². The Kier molecular flexibility index (Phi) is 5.00. The van der Waals surface area contributed by atoms with Gasteiger partial charge in [0, 0.05) is 10.6 Å². The maximum Gasteiger partial charge on any atom is 0.281 e. The molecule has 1 amide bonds. The van der Waals surface area contributed by atoms with E-state index >= 15 is 0 Å². The van der Waals surface area contributed by atoms with Gasteiger partial charge in [0.15, 0.2) is 0 Å². The molecule has 0 bridgehead atoms. The maximum atomic E-state index is 12.4. The SMILES string of the molecule is CC[C@@H]1CCc2sc(C(=O)N/N=C(/C)c3ccc(N)cc3)cc2C1. The number of anilines is 1. The molecule has 0 unspecified atom stereocenters. The second kappa shape index (κ2) is 7.18. The lowest BCUT2D eigenvalue weighted by Gasteiger charge is -2.19. The van der Waals surface area contributed by atoms with E-state index in [1.54, 1.807) is 11.3 Å². The average Bonchev–Trinajstić information content (AvgIpc) is 3.03. The molecular weight excluding hydrogens is 318 g/mol. The Morgan fingerprint density at radius 1 is 1.38 bits per heavy atom. The molecule has 0 saturated carbocycles. The van der Waals surface area contributed by atoms with Crippen LogP contribution in [0.25, 0.3) is 0 Å². The maximum absolute atomic E-state index is 12.4. The van der Waals surface area contributed by atoms with Crippen molar-refractivity contribution in [2.75, 3.05) is 5.73 Å². The van der Waals surface area contributed by atoms with Crippen molar-refractivity contribution in [3.63, 3.8) is 0 Å². The Hall–Kier alpha value is -2.14. The fraction of sp³-hybridized carbons (Fsp3) is 0.368. The second-order valence-corrected chi connectivity index (χ2v) is 7.47. The third-order valence-corrected chi connectivity index (χ3v) is 5.88. The third-order valence-electron chi connectivity index (χ3n) is 4.64. The average molecular weight is 341 g/mol. The van der Waals surface area contributed by atoms with Gasteiger partial charge < -0.3 is 5.73 Å². The number of amides is 1. The van der Waals surface area contributed by atoms with Gasteiger partial charge in [-0.1, -0.05) is 25.5 Å². The first kappa shape index (κ1) is 16.7. The highest BCUT2D eigenvalue weighted by atomic mass is 32.1. The number of nitrogens with one attached hydrogen (secondary N) is 1. The molecule has 4 nitrogen and oxygen atoms in total. The van der Waals surface area contributed by atoms with Crippen molar-refractivity contribution in [1.82, 2.24) is 5.43 Å². The van der Waals surface area contributed by atoms with E-state index in [1.165, 1.54) is 23.3 Å². The van der Waals surface area contributed by atoms with Crippen LogP contribution >= 0.6 is 11.3 Å². The third kappa shape index (κ3) is 3.67. The minimum absolute atomic E-state index is 0.128. The highest BCUT2D eigenvalue weighted by Crippen LogP contribution is 2.33. The fourth-order valence-corrected chi connectivity index (χ4v) is 4.14. The summed E-state index contributed by atoms with van der Waals surface area (Å²) in [5.41, 5.74) is 12.1. The van der Waals surface area contributed by atoms with Crippen molar-refractivity contribution in [3.05, 3.63) is 51.2 Å². The molecule has 0 saturated heterocycles. The highest BCUT2D eigenvalue weighted by Gasteiger charge is 2.21. The number of hydrogen-bond donors (Lipinski definition) is 2. The number of nitrogens with zero attached hydrogens (tertiary/aromatic N) is 1. The van der Waals surface area contributed by atoms with Crippen LogP contribution in [-0.4, -0.2) is 11.6 Å². The normalized spacial score (nSPS) is 17.4. The zero-order valence-electron chi connectivity index (χ0n) is 14.1. The first-order valence-corrected chi connectivity index (χ1v) is 9.20. The molecule has 24 heavy (non-hydrogen) atoms. The summed E-state index contributed by atoms with van der Waals surface area (Å²) in [6.07, 6.45) is 4.64. The number of hydrogen-bond acceptors (Lipinski definition) is 4. The molecule has 1 atom stereocenters. The number of carbonyl (C=O) groups is 1. The molecule has 0 radical (unpaired) electrons. The van der Waals surface area contributed by atoms with Gasteiger partial charge in [-0.15, -0.1) is 11.3 Å². The number of benzene rings is 1. The number of carbonyl (C=O) groups excluding carboxylic acids is 1. The lowest BCUT2D eigenvalue weighted by molar-refractivity contribution is 0.0959. The van der Waals surface area contributed by atoms with Gasteiger partial charge in [0.25, 0.3) is 5.91 Å². The van der Waals surface area contributed by atoms with Crippen LogP contribution in [0, 0.1) is 5.92 Å². The smallest absolute Gasteiger partial charge is 0.281 e. The zero-order valence-corrected chi connectivity index (χ0v) is 15.0. The molecule has 5 heteroatoms. The summed E-state index contributed by atoms with van der Waals surface area (Å²) in [4.78, 5) is 14.5. The van der Waals surface area contributed by atoms with Crippen LogP contribution in [0.2, 0.25) is 0 Å². The summed E-state index contributed by atoms with van der Waals surface area (Å²) >= 11 is 1.61. The Bertz CT molecular complexity index is 761. The van der Waals surface area contributed by atoms with Crippen molar-refractivity contribution < 1.29 is 4.79 Å². The van der Waals surface area contributed by atoms with Crippen LogP contribution in [0.3, 0.4) is 0 Å². The van der Waals surface area contributed by atoms with E-state index in [9.17, 15) is 4.79 Å². The highest BCUT2D eigenvalue weighted by molar-refractivity contribution is 7.14. The van der Waals surface area contributed by atoms with Crippen LogP contribution in [0.5, 0.6) is 0 Å². The summed E-state index contributed by atoms with van der Waals surface area (Å²) in [6, 6.07) is 9.50. The van der Waals surface area contributed by atoms with E-state index in [4.69, 9.17) is 5.73 Å². The molecule has 1 aliphatic rings. The monoisotopic (exact) mass is 341 g/mol. The van der Waals surface area contributed by atoms with E-state index in [2.05, 4.69) is 17.5 Å². The van der Waals surface area contributed by atoms with Gasteiger partial charge in [-0.25, -0.2) is 5.43 Å². The number of nitrogen functional groups attached to an aromatic ring is 1. The predicted octanol–water partition coefficient (Wildman–Crippen LogP) is 4.00. The summed E-state index contributed by atoms with van der Waals surface area (Å²) in [5, 5.41) is 4.22. The molecule has 2 aromatic rings. The largest absolute Gasteiger partial charge is 0.399 e. The van der Waals surface area contributed by atoms with Crippen LogP contribution in [-0.2, 0) is 12.8 Å². The van der Waals surface area contributed by atoms with Crippen molar-refractivity contribution in [1.29, 1.82) is 0 Å². The van der Waals surface area contributed by atoms with Crippen LogP contribution in [0.4, 0.5) is 5.69 Å². The minimum Gasteiger partial charge on any atom is -0.399 e. The van der Waals surface area contributed by atoms with E-state index in [1.807, 2.05) is 37.3 Å². The van der Waals surface area contributed by atoms with Crippen LogP contribution in [0.15, 0.2) is 35.4 Å². The molecule has 1 heterocycles. The van der Waals surface area contributed by atoms with E-state index in [0.717, 1.165) is 34.9 Å². The van der Waals surface area contributed by atoms with E-state index in [-0.39, 0.29) is 5.91 Å². The first-order chi connectivity index (χ1) is 11.6. The number of aryl methyl sites for hydroxylation is 1. The minimum atomic E-state index is -0.128. The molecular formula is C19H23N3OS. The lowest BCUT2D eigenvalue weighted by atomic mass is 9.87. The molecule has 1 aromatic heterocycles. The summed E-state index contributed by atoms with van der Waals surface area (Å²) in [7, 11) is 0. The molecule has 0 aliphatic heterocycles. The molecule has 126 valence electrons. The molecule has 0 fully saturated rings. The standard InChI is InChI=1S/C19H23N3OS/c1-3-13-4-9-17-15(10-13)11-18(24-17)19(23)22-21-12(2)14-5-7-16(20)8-6-14/h5-8,11,13H,3-4,9-10,20H2,1-2H3,(H,22,23)/b21-12-/t13-/m1/s1. The summed E-state index contributed by atoms with van der Waals surface area (Å²) < 4.78 is 0. The Balaban J connectivity index is 1.68. The van der Waals surface area contributed by atoms with Gasteiger partial charge >= 0.3 is 0 Å². The van der Waals surface area contributed by atoms with Crippen LogP contribution < -0.4 is 11.2 Å². The second-order valence-electron chi connectivity index (χ2n) is 6.34. The van der Waals surface area contributed by atoms with Gasteiger partial charge in [-0.3, -0.25) is 4.79 Å². The van der Waals surface area contributed by atoms with Crippen molar-refractivity contribution >= 4 is 28.6 Å². The molecule has 3 N–H and O–H groups in total. The quantitative estimate of drug-likeness (QED) is 0.501. The number of fused-ring (bicyclic) bond motifs is 1. The van der Waals surface area contributed by atoms with E-state index in [0.29, 0.717) is 5.69 Å². The zero-order chi connectivity index (χ0) is 17.1. The number of thiophene rings is 1. The van der Waals surface area contributed by atoms with Gasteiger partial charge in [-0.05, 0) is 61.4 Å².